The zero-order valence-corrected chi connectivity index (χ0v) is 15.1. The second-order valence-corrected chi connectivity index (χ2v) is 7.47. The van der Waals surface area contributed by atoms with Gasteiger partial charge in [-0.2, -0.15) is 0 Å². The molecule has 1 N–H and O–H groups in total. The van der Waals surface area contributed by atoms with Crippen molar-refractivity contribution in [3.05, 3.63) is 16.9 Å². The Balaban J connectivity index is 1.72. The third-order valence-electron chi connectivity index (χ3n) is 3.01. The average Bonchev–Trinajstić information content (AvgIpc) is 3.07. The van der Waals surface area contributed by atoms with Gasteiger partial charge in [0.2, 0.25) is 5.13 Å². The molecule has 0 aliphatic rings. The van der Waals surface area contributed by atoms with Gasteiger partial charge in [0.1, 0.15) is 10.8 Å². The van der Waals surface area contributed by atoms with Gasteiger partial charge in [-0.25, -0.2) is 0 Å². The van der Waals surface area contributed by atoms with E-state index in [0.29, 0.717) is 30.2 Å². The highest BCUT2D eigenvalue weighted by Crippen LogP contribution is 2.17. The van der Waals surface area contributed by atoms with Crippen LogP contribution in [0.4, 0.5) is 5.13 Å². The zero-order chi connectivity index (χ0) is 17.5. The first-order valence-corrected chi connectivity index (χ1v) is 9.40. The minimum atomic E-state index is -2.44. The summed E-state index contributed by atoms with van der Waals surface area (Å²) in [5.74, 6) is 0.543. The van der Waals surface area contributed by atoms with Crippen molar-refractivity contribution in [2.45, 2.75) is 46.1 Å². The van der Waals surface area contributed by atoms with Crippen LogP contribution in [0.3, 0.4) is 0 Å². The minimum Gasteiger partial charge on any atom is -0.755 e. The fourth-order valence-electron chi connectivity index (χ4n) is 2.08. The van der Waals surface area contributed by atoms with Gasteiger partial charge in [0.15, 0.2) is 0 Å². The van der Waals surface area contributed by atoms with Crippen LogP contribution in [-0.4, -0.2) is 39.7 Å². The van der Waals surface area contributed by atoms with Gasteiger partial charge in [-0.05, 0) is 18.8 Å². The van der Waals surface area contributed by atoms with Crippen LogP contribution < -0.4 is 4.72 Å². The maximum atomic E-state index is 11.9. The van der Waals surface area contributed by atoms with Crippen molar-refractivity contribution in [1.29, 1.82) is 0 Å². The molecule has 2 aromatic heterocycles. The fourth-order valence-corrected chi connectivity index (χ4v) is 3.25. The fraction of sp³-hybridized carbons (Fsp3) is 0.615. The molecule has 132 valence electrons. The summed E-state index contributed by atoms with van der Waals surface area (Å²) in [6.45, 7) is 5.06. The van der Waals surface area contributed by atoms with Gasteiger partial charge in [0.25, 0.3) is 0 Å². The summed E-state index contributed by atoms with van der Waals surface area (Å²) in [5.41, 5.74) is 0.878. The number of anilines is 1. The van der Waals surface area contributed by atoms with Gasteiger partial charge in [0.05, 0.1) is 12.1 Å². The Hall–Kier alpha value is -1.72. The molecule has 9 nitrogen and oxygen atoms in total. The average molecular weight is 371 g/mol. The van der Waals surface area contributed by atoms with Crippen LogP contribution in [0.2, 0.25) is 0 Å². The maximum Gasteiger partial charge on any atom is 0.216 e. The number of carbonyl (C=O) groups is 1. The van der Waals surface area contributed by atoms with Crippen molar-refractivity contribution in [1.82, 2.24) is 25.2 Å². The molecule has 2 rings (SSSR count). The SMILES string of the molecule is CC(C)Cn1cc(CCCC(=O)Cc2nnc(NS(=O)[O-])s2)nn1. The number of hydrogen-bond acceptors (Lipinski definition) is 8. The first-order chi connectivity index (χ1) is 11.4. The quantitative estimate of drug-likeness (QED) is 0.620. The number of hydrogen-bond donors (Lipinski definition) is 1. The van der Waals surface area contributed by atoms with Gasteiger partial charge in [-0.3, -0.25) is 18.4 Å². The van der Waals surface area contributed by atoms with Crippen LogP contribution in [0.5, 0.6) is 0 Å². The van der Waals surface area contributed by atoms with E-state index < -0.39 is 11.3 Å². The summed E-state index contributed by atoms with van der Waals surface area (Å²) in [5, 5.41) is 16.3. The molecule has 0 bridgehead atoms. The normalized spacial score (nSPS) is 12.5. The lowest BCUT2D eigenvalue weighted by molar-refractivity contribution is -0.118. The van der Waals surface area contributed by atoms with Crippen molar-refractivity contribution in [3.63, 3.8) is 0 Å². The molecule has 2 aromatic rings. The molecule has 0 amide bonds. The molecule has 1 unspecified atom stereocenters. The summed E-state index contributed by atoms with van der Waals surface area (Å²) in [6.07, 6.45) is 3.86. The minimum absolute atomic E-state index is 0.0375. The molecule has 0 radical (unpaired) electrons. The number of nitrogens with one attached hydrogen (secondary N) is 1. The second-order valence-electron chi connectivity index (χ2n) is 5.73. The van der Waals surface area contributed by atoms with Crippen LogP contribution in [-0.2, 0) is 35.4 Å². The number of Topliss-reactive ketones (excluding diaryl/α,β-unsaturated/α-hetero) is 1. The van der Waals surface area contributed by atoms with Crippen LogP contribution in [0.25, 0.3) is 0 Å². The predicted molar refractivity (Wildman–Crippen MR) is 89.0 cm³/mol. The van der Waals surface area contributed by atoms with E-state index >= 15 is 0 Å². The number of carbonyl (C=O) groups excluding carboxylic acids is 1. The van der Waals surface area contributed by atoms with E-state index in [4.69, 9.17) is 0 Å². The Labute approximate surface area is 146 Å². The summed E-state index contributed by atoms with van der Waals surface area (Å²) in [7, 11) is 0. The first kappa shape index (κ1) is 18.6. The Morgan fingerprint density at radius 1 is 1.42 bits per heavy atom. The van der Waals surface area contributed by atoms with Gasteiger partial charge in [-0.15, -0.1) is 15.3 Å². The third kappa shape index (κ3) is 6.42. The summed E-state index contributed by atoms with van der Waals surface area (Å²) in [6, 6.07) is 0. The van der Waals surface area contributed by atoms with Crippen LogP contribution in [0, 0.1) is 5.92 Å². The van der Waals surface area contributed by atoms with Gasteiger partial charge < -0.3 is 4.55 Å². The highest BCUT2D eigenvalue weighted by atomic mass is 32.2. The van der Waals surface area contributed by atoms with Crippen molar-refractivity contribution < 1.29 is 13.6 Å². The molecule has 0 saturated heterocycles. The molecule has 1 atom stereocenters. The van der Waals surface area contributed by atoms with E-state index in [1.165, 1.54) is 0 Å². The van der Waals surface area contributed by atoms with Gasteiger partial charge in [0, 0.05) is 30.4 Å². The molecule has 0 fully saturated rings. The van der Waals surface area contributed by atoms with E-state index in [0.717, 1.165) is 23.6 Å². The second kappa shape index (κ2) is 8.94. The van der Waals surface area contributed by atoms with E-state index in [1.807, 2.05) is 10.9 Å². The Morgan fingerprint density at radius 2 is 2.21 bits per heavy atom. The van der Waals surface area contributed by atoms with Crippen molar-refractivity contribution in [2.75, 3.05) is 4.72 Å². The van der Waals surface area contributed by atoms with E-state index in [2.05, 4.69) is 39.1 Å². The highest BCUT2D eigenvalue weighted by molar-refractivity contribution is 7.80. The third-order valence-corrected chi connectivity index (χ3v) is 4.34. The van der Waals surface area contributed by atoms with Crippen molar-refractivity contribution in [3.8, 4) is 0 Å². The first-order valence-electron chi connectivity index (χ1n) is 7.51. The largest absolute Gasteiger partial charge is 0.755 e. The number of aromatic nitrogens is 5. The van der Waals surface area contributed by atoms with Gasteiger partial charge in [-0.1, -0.05) is 30.4 Å². The lowest BCUT2D eigenvalue weighted by Crippen LogP contribution is -2.04. The maximum absolute atomic E-state index is 11.9. The van der Waals surface area contributed by atoms with Crippen LogP contribution in [0.15, 0.2) is 6.20 Å². The Kier molecular flexibility index (Phi) is 6.94. The molecular formula is C13H19N6O3S2-. The number of aryl methyl sites for hydroxylation is 1. The molecule has 24 heavy (non-hydrogen) atoms. The molecule has 0 aliphatic heterocycles. The summed E-state index contributed by atoms with van der Waals surface area (Å²) in [4.78, 5) is 11.9. The summed E-state index contributed by atoms with van der Waals surface area (Å²) < 4.78 is 24.9. The van der Waals surface area contributed by atoms with Crippen molar-refractivity contribution in [2.24, 2.45) is 5.92 Å². The highest BCUT2D eigenvalue weighted by Gasteiger charge is 2.10. The molecule has 11 heteroatoms. The van der Waals surface area contributed by atoms with Crippen LogP contribution in [0.1, 0.15) is 37.4 Å². The molecular weight excluding hydrogens is 352 g/mol. The standard InChI is InChI=1S/C13H20N6O3S2/c1-9(2)7-19-8-10(14-18-19)4-3-5-11(20)6-12-15-16-13(23-12)17-24(21)22/h8-9H,3-7H2,1-2H3,(H,16,17)(H,21,22)/p-1. The monoisotopic (exact) mass is 371 g/mol. The molecule has 0 aromatic carbocycles. The lowest BCUT2D eigenvalue weighted by Gasteiger charge is -2.02. The van der Waals surface area contributed by atoms with E-state index in [-0.39, 0.29) is 17.3 Å². The topological polar surface area (TPSA) is 126 Å². The predicted octanol–water partition coefficient (Wildman–Crippen LogP) is 1.13. The molecule has 0 saturated carbocycles. The molecule has 0 spiro atoms. The molecule has 0 aliphatic carbocycles. The Bertz CT molecular complexity index is 699. The van der Waals surface area contributed by atoms with Crippen molar-refractivity contribution >= 4 is 33.5 Å². The zero-order valence-electron chi connectivity index (χ0n) is 13.5. The van der Waals surface area contributed by atoms with E-state index in [1.54, 1.807) is 0 Å². The smallest absolute Gasteiger partial charge is 0.216 e. The summed E-state index contributed by atoms with van der Waals surface area (Å²) >= 11 is -1.38. The lowest BCUT2D eigenvalue weighted by atomic mass is 10.1. The number of rotatable bonds is 10. The van der Waals surface area contributed by atoms with E-state index in [9.17, 15) is 13.6 Å². The molecule has 2 heterocycles. The number of nitrogens with zero attached hydrogens (tertiary/aromatic N) is 5. The van der Waals surface area contributed by atoms with Gasteiger partial charge >= 0.3 is 0 Å². The van der Waals surface area contributed by atoms with Crippen LogP contribution >= 0.6 is 11.3 Å². The Morgan fingerprint density at radius 3 is 2.92 bits per heavy atom. The number of ketones is 1.